The van der Waals surface area contributed by atoms with E-state index in [9.17, 15) is 0 Å². The van der Waals surface area contributed by atoms with Gasteiger partial charge in [-0.05, 0) is 0 Å². The molecule has 0 saturated heterocycles. The van der Waals surface area contributed by atoms with Gasteiger partial charge in [-0.3, -0.25) is 4.99 Å². The van der Waals surface area contributed by atoms with Crippen molar-refractivity contribution in [2.45, 2.75) is 6.54 Å². The topological polar surface area (TPSA) is 67.1 Å². The van der Waals surface area contributed by atoms with E-state index in [0.717, 1.165) is 11.3 Å². The van der Waals surface area contributed by atoms with Crippen LogP contribution in [0.5, 0.6) is 0 Å². The van der Waals surface area contributed by atoms with Crippen LogP contribution in [0.3, 0.4) is 0 Å². The average Bonchev–Trinajstić information content (AvgIpc) is 2.80. The van der Waals surface area contributed by atoms with Gasteiger partial charge in [-0.1, -0.05) is 30.3 Å². The molecule has 0 aliphatic heterocycles. The van der Waals surface area contributed by atoms with Gasteiger partial charge in [0.2, 0.25) is 0 Å². The number of H-pyrrole nitrogens is 1. The molecule has 0 bridgehead atoms. The van der Waals surface area contributed by atoms with E-state index < -0.39 is 0 Å². The van der Waals surface area contributed by atoms with Crippen molar-refractivity contribution in [3.63, 3.8) is 0 Å². The van der Waals surface area contributed by atoms with Gasteiger partial charge in [-0.15, -0.1) is 0 Å². The van der Waals surface area contributed by atoms with E-state index in [2.05, 4.69) is 15.0 Å². The monoisotopic (exact) mass is 200 g/mol. The van der Waals surface area contributed by atoms with Gasteiger partial charge in [-0.2, -0.15) is 0 Å². The van der Waals surface area contributed by atoms with Crippen LogP contribution in [0.25, 0.3) is 0 Å². The molecule has 0 radical (unpaired) electrons. The molecule has 2 aromatic rings. The van der Waals surface area contributed by atoms with Crippen molar-refractivity contribution < 1.29 is 0 Å². The number of hydrogen-bond acceptors (Lipinski definition) is 2. The smallest absolute Gasteiger partial charge is 0.126 e. The van der Waals surface area contributed by atoms with E-state index in [1.807, 2.05) is 30.3 Å². The second-order valence-corrected chi connectivity index (χ2v) is 3.14. The standard InChI is InChI=1S/C11H12N4/c12-11(9-4-2-1-3-5-9)14-7-10-6-13-8-15-10/h1-6,8H,7H2,(H2,12,14)(H,13,15). The number of imidazole rings is 1. The molecule has 15 heavy (non-hydrogen) atoms. The van der Waals surface area contributed by atoms with Crippen LogP contribution in [-0.4, -0.2) is 15.8 Å². The first kappa shape index (κ1) is 9.45. The van der Waals surface area contributed by atoms with E-state index in [0.29, 0.717) is 12.4 Å². The first-order valence-corrected chi connectivity index (χ1v) is 4.69. The minimum absolute atomic E-state index is 0.528. The summed E-state index contributed by atoms with van der Waals surface area (Å²) in [6.07, 6.45) is 3.37. The van der Waals surface area contributed by atoms with Crippen LogP contribution in [0, 0.1) is 0 Å². The Balaban J connectivity index is 2.08. The van der Waals surface area contributed by atoms with Gasteiger partial charge in [0.25, 0.3) is 0 Å². The number of aliphatic imine (C=N–C) groups is 1. The maximum atomic E-state index is 5.83. The molecule has 0 atom stereocenters. The summed E-state index contributed by atoms with van der Waals surface area (Å²) in [5, 5.41) is 0. The van der Waals surface area contributed by atoms with Gasteiger partial charge in [0.15, 0.2) is 0 Å². The number of nitrogens with one attached hydrogen (secondary N) is 1. The fourth-order valence-corrected chi connectivity index (χ4v) is 1.24. The fourth-order valence-electron chi connectivity index (χ4n) is 1.24. The zero-order chi connectivity index (χ0) is 10.5. The molecule has 1 aromatic carbocycles. The summed E-state index contributed by atoms with van der Waals surface area (Å²) in [4.78, 5) is 11.1. The zero-order valence-corrected chi connectivity index (χ0v) is 8.22. The van der Waals surface area contributed by atoms with Gasteiger partial charge < -0.3 is 10.7 Å². The van der Waals surface area contributed by atoms with Gasteiger partial charge in [0.1, 0.15) is 5.84 Å². The molecule has 0 amide bonds. The number of benzene rings is 1. The molecule has 2 rings (SSSR count). The third-order valence-electron chi connectivity index (χ3n) is 2.04. The van der Waals surface area contributed by atoms with Gasteiger partial charge in [0, 0.05) is 11.8 Å². The third-order valence-corrected chi connectivity index (χ3v) is 2.04. The van der Waals surface area contributed by atoms with E-state index in [-0.39, 0.29) is 0 Å². The molecule has 0 unspecified atom stereocenters. The Hall–Kier alpha value is -2.10. The molecular formula is C11H12N4. The number of rotatable bonds is 3. The van der Waals surface area contributed by atoms with Crippen LogP contribution in [0.1, 0.15) is 11.3 Å². The summed E-state index contributed by atoms with van der Waals surface area (Å²) in [5.41, 5.74) is 7.72. The fraction of sp³-hybridized carbons (Fsp3) is 0.0909. The molecule has 0 spiro atoms. The highest BCUT2D eigenvalue weighted by molar-refractivity contribution is 5.97. The number of aromatic nitrogens is 2. The van der Waals surface area contributed by atoms with Gasteiger partial charge in [-0.25, -0.2) is 4.98 Å². The van der Waals surface area contributed by atoms with E-state index in [4.69, 9.17) is 5.73 Å². The minimum Gasteiger partial charge on any atom is -0.383 e. The van der Waals surface area contributed by atoms with E-state index in [1.54, 1.807) is 12.5 Å². The Kier molecular flexibility index (Phi) is 2.78. The molecule has 76 valence electrons. The summed E-state index contributed by atoms with van der Waals surface area (Å²) >= 11 is 0. The Morgan fingerprint density at radius 2 is 2.13 bits per heavy atom. The Labute approximate surface area is 87.9 Å². The molecule has 0 fully saturated rings. The van der Waals surface area contributed by atoms with Crippen molar-refractivity contribution in [1.29, 1.82) is 0 Å². The van der Waals surface area contributed by atoms with Crippen molar-refractivity contribution in [3.8, 4) is 0 Å². The lowest BCUT2D eigenvalue weighted by Crippen LogP contribution is -2.13. The molecule has 1 aromatic heterocycles. The maximum absolute atomic E-state index is 5.83. The number of amidine groups is 1. The summed E-state index contributed by atoms with van der Waals surface area (Å²) in [6.45, 7) is 0.528. The molecule has 0 saturated carbocycles. The molecule has 4 heteroatoms. The van der Waals surface area contributed by atoms with Crippen molar-refractivity contribution in [1.82, 2.24) is 9.97 Å². The third kappa shape index (κ3) is 2.43. The lowest BCUT2D eigenvalue weighted by molar-refractivity contribution is 1.01. The average molecular weight is 200 g/mol. The zero-order valence-electron chi connectivity index (χ0n) is 8.22. The second kappa shape index (κ2) is 4.41. The molecular weight excluding hydrogens is 188 g/mol. The van der Waals surface area contributed by atoms with Crippen LogP contribution in [0.2, 0.25) is 0 Å². The maximum Gasteiger partial charge on any atom is 0.126 e. The summed E-state index contributed by atoms with van der Waals surface area (Å²) < 4.78 is 0. The predicted octanol–water partition coefficient (Wildman–Crippen LogP) is 1.32. The summed E-state index contributed by atoms with van der Waals surface area (Å²) in [6, 6.07) is 9.70. The second-order valence-electron chi connectivity index (χ2n) is 3.14. The number of aromatic amines is 1. The quantitative estimate of drug-likeness (QED) is 0.579. The van der Waals surface area contributed by atoms with Crippen LogP contribution in [-0.2, 0) is 6.54 Å². The Morgan fingerprint density at radius 3 is 2.80 bits per heavy atom. The summed E-state index contributed by atoms with van der Waals surface area (Å²) in [7, 11) is 0. The van der Waals surface area contributed by atoms with Crippen LogP contribution >= 0.6 is 0 Å². The highest BCUT2D eigenvalue weighted by atomic mass is 14.9. The van der Waals surface area contributed by atoms with Crippen molar-refractivity contribution in [2.24, 2.45) is 10.7 Å². The van der Waals surface area contributed by atoms with Crippen LogP contribution < -0.4 is 5.73 Å². The predicted molar refractivity (Wildman–Crippen MR) is 59.5 cm³/mol. The first-order valence-electron chi connectivity index (χ1n) is 4.69. The van der Waals surface area contributed by atoms with E-state index >= 15 is 0 Å². The van der Waals surface area contributed by atoms with Crippen molar-refractivity contribution in [3.05, 3.63) is 54.1 Å². The van der Waals surface area contributed by atoms with Gasteiger partial charge in [0.05, 0.1) is 18.6 Å². The normalized spacial score (nSPS) is 11.6. The van der Waals surface area contributed by atoms with E-state index in [1.165, 1.54) is 0 Å². The van der Waals surface area contributed by atoms with Crippen LogP contribution in [0.15, 0.2) is 47.8 Å². The van der Waals surface area contributed by atoms with Crippen molar-refractivity contribution in [2.75, 3.05) is 0 Å². The first-order chi connectivity index (χ1) is 7.36. The Morgan fingerprint density at radius 1 is 1.33 bits per heavy atom. The highest BCUT2D eigenvalue weighted by Crippen LogP contribution is 2.00. The molecule has 3 N–H and O–H groups in total. The number of nitrogens with two attached hydrogens (primary N) is 1. The molecule has 4 nitrogen and oxygen atoms in total. The lowest BCUT2D eigenvalue weighted by Gasteiger charge is -1.99. The molecule has 0 aliphatic rings. The minimum atomic E-state index is 0.528. The lowest BCUT2D eigenvalue weighted by atomic mass is 10.2. The molecule has 0 aliphatic carbocycles. The number of nitrogens with zero attached hydrogens (tertiary/aromatic N) is 2. The number of hydrogen-bond donors (Lipinski definition) is 2. The molecule has 1 heterocycles. The highest BCUT2D eigenvalue weighted by Gasteiger charge is 1.96. The van der Waals surface area contributed by atoms with Crippen LogP contribution in [0.4, 0.5) is 0 Å². The Bertz CT molecular complexity index is 431. The van der Waals surface area contributed by atoms with Crippen molar-refractivity contribution >= 4 is 5.84 Å². The largest absolute Gasteiger partial charge is 0.383 e. The SMILES string of the molecule is NC(=NCc1cnc[nH]1)c1ccccc1. The van der Waals surface area contributed by atoms with Gasteiger partial charge >= 0.3 is 0 Å². The summed E-state index contributed by atoms with van der Waals surface area (Å²) in [5.74, 6) is 0.546.